The molecule has 14 heavy (non-hydrogen) atoms. The molecule has 0 aliphatic carbocycles. The third-order valence-electron chi connectivity index (χ3n) is 2.35. The van der Waals surface area contributed by atoms with Gasteiger partial charge in [0.2, 0.25) is 0 Å². The maximum absolute atomic E-state index is 10.6. The third-order valence-corrected chi connectivity index (χ3v) is 2.35. The maximum atomic E-state index is 10.6. The Morgan fingerprint density at radius 3 is 2.50 bits per heavy atom. The van der Waals surface area contributed by atoms with Gasteiger partial charge in [0.05, 0.1) is 0 Å². The second kappa shape index (κ2) is 5.38. The van der Waals surface area contributed by atoms with Crippen LogP contribution in [-0.2, 0) is 4.79 Å². The van der Waals surface area contributed by atoms with Gasteiger partial charge >= 0.3 is 0 Å². The van der Waals surface area contributed by atoms with E-state index in [1.54, 1.807) is 0 Å². The van der Waals surface area contributed by atoms with Gasteiger partial charge in [0.25, 0.3) is 0 Å². The van der Waals surface area contributed by atoms with Crippen molar-refractivity contribution in [2.24, 2.45) is 0 Å². The molecule has 1 unspecified atom stereocenters. The van der Waals surface area contributed by atoms with E-state index in [-0.39, 0.29) is 0 Å². The molecule has 0 fully saturated rings. The number of allylic oxidation sites excluding steroid dienone is 2. The predicted octanol–water partition coefficient (Wildman–Crippen LogP) is 3.33. The van der Waals surface area contributed by atoms with Crippen LogP contribution in [0.4, 0.5) is 0 Å². The Kier molecular flexibility index (Phi) is 4.11. The molecule has 0 saturated carbocycles. The fourth-order valence-corrected chi connectivity index (χ4v) is 1.41. The summed E-state index contributed by atoms with van der Waals surface area (Å²) in [5.74, 6) is 0.316. The predicted molar refractivity (Wildman–Crippen MR) is 59.3 cm³/mol. The third kappa shape index (κ3) is 2.84. The first kappa shape index (κ1) is 10.7. The number of hydrogen-bond acceptors (Lipinski definition) is 1. The molecule has 0 heterocycles. The monoisotopic (exact) mass is 188 g/mol. The highest BCUT2D eigenvalue weighted by atomic mass is 16.1. The summed E-state index contributed by atoms with van der Waals surface area (Å²) in [4.78, 5) is 10.6. The minimum absolute atomic E-state index is 0.316. The lowest BCUT2D eigenvalue weighted by Crippen LogP contribution is -1.92. The maximum Gasteiger partial charge on any atom is 0.145 e. The van der Waals surface area contributed by atoms with Gasteiger partial charge in [0.15, 0.2) is 0 Å². The van der Waals surface area contributed by atoms with E-state index in [2.05, 4.69) is 19.1 Å². The zero-order valence-corrected chi connectivity index (χ0v) is 8.73. The van der Waals surface area contributed by atoms with Crippen LogP contribution in [0, 0.1) is 0 Å². The van der Waals surface area contributed by atoms with E-state index in [1.165, 1.54) is 5.56 Å². The van der Waals surface area contributed by atoms with Crippen LogP contribution in [0.5, 0.6) is 0 Å². The van der Waals surface area contributed by atoms with Crippen molar-refractivity contribution in [3.8, 4) is 0 Å². The molecular formula is C13H16O. The highest BCUT2D eigenvalue weighted by molar-refractivity contribution is 5.73. The molecule has 1 rings (SSSR count). The first-order chi connectivity index (χ1) is 6.77. The number of carbonyl (C=O) groups is 1. The summed E-state index contributed by atoms with van der Waals surface area (Å²) in [6.07, 6.45) is 3.78. The molecule has 0 spiro atoms. The average Bonchev–Trinajstić information content (AvgIpc) is 2.26. The van der Waals surface area contributed by atoms with Crippen molar-refractivity contribution in [1.82, 2.24) is 0 Å². The van der Waals surface area contributed by atoms with E-state index in [0.29, 0.717) is 5.92 Å². The van der Waals surface area contributed by atoms with Crippen LogP contribution in [0.1, 0.15) is 31.7 Å². The fourth-order valence-electron chi connectivity index (χ4n) is 1.41. The lowest BCUT2D eigenvalue weighted by Gasteiger charge is -2.07. The van der Waals surface area contributed by atoms with Crippen molar-refractivity contribution in [2.75, 3.05) is 0 Å². The Bertz CT molecular complexity index is 311. The number of aldehydes is 1. The molecule has 1 nitrogen and oxygen atoms in total. The Labute approximate surface area is 85.5 Å². The largest absolute Gasteiger partial charge is 0.298 e. The molecule has 1 aromatic carbocycles. The lowest BCUT2D eigenvalue weighted by molar-refractivity contribution is -0.105. The standard InChI is InChI=1S/C13H16O/c1-3-12(10-14)9-11(2)13-7-5-4-6-8-13/h4-11H,3H2,1-2H3/b12-9-. The Balaban J connectivity index is 2.81. The quantitative estimate of drug-likeness (QED) is 0.523. The van der Waals surface area contributed by atoms with Crippen LogP contribution in [0.2, 0.25) is 0 Å². The molecule has 0 amide bonds. The molecule has 0 radical (unpaired) electrons. The van der Waals surface area contributed by atoms with E-state index >= 15 is 0 Å². The van der Waals surface area contributed by atoms with Crippen molar-refractivity contribution in [1.29, 1.82) is 0 Å². The van der Waals surface area contributed by atoms with Crippen LogP contribution in [0.15, 0.2) is 42.0 Å². The first-order valence-corrected chi connectivity index (χ1v) is 4.98. The van der Waals surface area contributed by atoms with Crippen LogP contribution < -0.4 is 0 Å². The van der Waals surface area contributed by atoms with Gasteiger partial charge in [-0.3, -0.25) is 4.79 Å². The van der Waals surface area contributed by atoms with Gasteiger partial charge in [-0.25, -0.2) is 0 Å². The Morgan fingerprint density at radius 1 is 1.36 bits per heavy atom. The number of hydrogen-bond donors (Lipinski definition) is 0. The van der Waals surface area contributed by atoms with E-state index in [1.807, 2.05) is 31.2 Å². The molecule has 0 aliphatic rings. The highest BCUT2D eigenvalue weighted by Crippen LogP contribution is 2.17. The van der Waals surface area contributed by atoms with Crippen molar-refractivity contribution < 1.29 is 4.79 Å². The van der Waals surface area contributed by atoms with Gasteiger partial charge in [-0.2, -0.15) is 0 Å². The van der Waals surface area contributed by atoms with Crippen molar-refractivity contribution >= 4 is 6.29 Å². The molecule has 0 aromatic heterocycles. The summed E-state index contributed by atoms with van der Waals surface area (Å²) < 4.78 is 0. The number of benzene rings is 1. The second-order valence-electron chi connectivity index (χ2n) is 3.41. The molecule has 0 aliphatic heterocycles. The van der Waals surface area contributed by atoms with Gasteiger partial charge in [0.1, 0.15) is 6.29 Å². The fraction of sp³-hybridized carbons (Fsp3) is 0.308. The number of carbonyl (C=O) groups excluding carboxylic acids is 1. The normalized spacial score (nSPS) is 13.7. The summed E-state index contributed by atoms with van der Waals surface area (Å²) in [6, 6.07) is 10.2. The van der Waals surface area contributed by atoms with Crippen molar-refractivity contribution in [2.45, 2.75) is 26.2 Å². The average molecular weight is 188 g/mol. The van der Waals surface area contributed by atoms with Crippen molar-refractivity contribution in [3.05, 3.63) is 47.5 Å². The van der Waals surface area contributed by atoms with E-state index in [9.17, 15) is 4.79 Å². The molecule has 1 heteroatoms. The van der Waals surface area contributed by atoms with Gasteiger partial charge in [-0.15, -0.1) is 0 Å². The van der Waals surface area contributed by atoms with Gasteiger partial charge in [0, 0.05) is 0 Å². The summed E-state index contributed by atoms with van der Waals surface area (Å²) in [5, 5.41) is 0. The zero-order valence-electron chi connectivity index (χ0n) is 8.73. The van der Waals surface area contributed by atoms with Gasteiger partial charge in [-0.05, 0) is 23.5 Å². The zero-order chi connectivity index (χ0) is 10.4. The van der Waals surface area contributed by atoms with E-state index in [0.717, 1.165) is 18.3 Å². The molecule has 1 aromatic rings. The van der Waals surface area contributed by atoms with Gasteiger partial charge < -0.3 is 0 Å². The molecular weight excluding hydrogens is 172 g/mol. The van der Waals surface area contributed by atoms with Crippen molar-refractivity contribution in [3.63, 3.8) is 0 Å². The van der Waals surface area contributed by atoms with Crippen LogP contribution in [0.3, 0.4) is 0 Å². The summed E-state index contributed by atoms with van der Waals surface area (Å²) in [7, 11) is 0. The molecule has 74 valence electrons. The van der Waals surface area contributed by atoms with Crippen LogP contribution in [0.25, 0.3) is 0 Å². The minimum Gasteiger partial charge on any atom is -0.298 e. The number of rotatable bonds is 4. The first-order valence-electron chi connectivity index (χ1n) is 4.98. The molecule has 0 bridgehead atoms. The van der Waals surface area contributed by atoms with E-state index in [4.69, 9.17) is 0 Å². The summed E-state index contributed by atoms with van der Waals surface area (Å²) >= 11 is 0. The Hall–Kier alpha value is -1.37. The molecule has 1 atom stereocenters. The van der Waals surface area contributed by atoms with Crippen LogP contribution in [-0.4, -0.2) is 6.29 Å². The lowest BCUT2D eigenvalue weighted by atomic mass is 9.98. The SMILES string of the molecule is CC/C(C=O)=C/C(C)c1ccccc1. The topological polar surface area (TPSA) is 17.1 Å². The second-order valence-corrected chi connectivity index (χ2v) is 3.41. The summed E-state index contributed by atoms with van der Waals surface area (Å²) in [6.45, 7) is 4.10. The van der Waals surface area contributed by atoms with Gasteiger partial charge in [-0.1, -0.05) is 50.3 Å². The molecule has 0 N–H and O–H groups in total. The highest BCUT2D eigenvalue weighted by Gasteiger charge is 2.02. The summed E-state index contributed by atoms with van der Waals surface area (Å²) in [5.41, 5.74) is 2.13. The van der Waals surface area contributed by atoms with Crippen LogP contribution >= 0.6 is 0 Å². The Morgan fingerprint density at radius 2 is 2.00 bits per heavy atom. The minimum atomic E-state index is 0.316. The molecule has 0 saturated heterocycles. The smallest absolute Gasteiger partial charge is 0.145 e. The van der Waals surface area contributed by atoms with E-state index < -0.39 is 0 Å².